The van der Waals surface area contributed by atoms with Crippen molar-refractivity contribution in [1.29, 1.82) is 0 Å². The highest BCUT2D eigenvalue weighted by molar-refractivity contribution is 7.89. The van der Waals surface area contributed by atoms with E-state index in [1.807, 2.05) is 40.1 Å². The second-order valence-electron chi connectivity index (χ2n) is 9.00. The lowest BCUT2D eigenvalue weighted by Crippen LogP contribution is -2.34. The van der Waals surface area contributed by atoms with E-state index in [1.165, 1.54) is 0 Å². The molecule has 3 rings (SSSR count). The standard InChI is InChI=1S/C26H37ClN2O6S/c1-6-10-33-12-13-34-11-9-28-36(30,31)20-7-8-24(18(2)14-20)35-26-22-15-19(27)16-25(32-5)21(22)17-23(26)29(3)4/h7-8,14-16,23,26,28H,6,9-13,17H2,1-5H3/t23-,26-/m0/s1. The van der Waals surface area contributed by atoms with Gasteiger partial charge in [0.05, 0.1) is 37.9 Å². The van der Waals surface area contributed by atoms with Crippen LogP contribution in [0.2, 0.25) is 5.02 Å². The first-order valence-electron chi connectivity index (χ1n) is 12.1. The summed E-state index contributed by atoms with van der Waals surface area (Å²) in [5, 5.41) is 0.584. The number of hydrogen-bond acceptors (Lipinski definition) is 7. The van der Waals surface area contributed by atoms with Crippen LogP contribution in [0.15, 0.2) is 35.2 Å². The van der Waals surface area contributed by atoms with Crippen LogP contribution in [-0.2, 0) is 25.9 Å². The lowest BCUT2D eigenvalue weighted by molar-refractivity contribution is 0.0502. The molecule has 0 unspecified atom stereocenters. The number of fused-ring (bicyclic) bond motifs is 1. The number of halogens is 1. The van der Waals surface area contributed by atoms with Gasteiger partial charge in [-0.1, -0.05) is 18.5 Å². The van der Waals surface area contributed by atoms with E-state index in [1.54, 1.807) is 25.3 Å². The molecule has 200 valence electrons. The lowest BCUT2D eigenvalue weighted by Gasteiger charge is -2.28. The molecule has 0 aliphatic heterocycles. The maximum Gasteiger partial charge on any atom is 0.240 e. The highest BCUT2D eigenvalue weighted by Gasteiger charge is 2.38. The van der Waals surface area contributed by atoms with E-state index < -0.39 is 10.0 Å². The third kappa shape index (κ3) is 7.12. The first-order valence-corrected chi connectivity index (χ1v) is 14.0. The van der Waals surface area contributed by atoms with E-state index >= 15 is 0 Å². The number of nitrogens with zero attached hydrogens (tertiary/aromatic N) is 1. The van der Waals surface area contributed by atoms with Crippen LogP contribution in [0.25, 0.3) is 0 Å². The molecule has 1 N–H and O–H groups in total. The molecule has 0 radical (unpaired) electrons. The Bertz CT molecular complexity index is 1130. The topological polar surface area (TPSA) is 86.3 Å². The summed E-state index contributed by atoms with van der Waals surface area (Å²) in [7, 11) is 1.98. The van der Waals surface area contributed by atoms with E-state index in [9.17, 15) is 8.42 Å². The number of aryl methyl sites for hydroxylation is 1. The Hall–Kier alpha value is -1.88. The van der Waals surface area contributed by atoms with Crippen LogP contribution < -0.4 is 14.2 Å². The highest BCUT2D eigenvalue weighted by atomic mass is 35.5. The van der Waals surface area contributed by atoms with Crippen molar-refractivity contribution >= 4 is 21.6 Å². The Kier molecular flexibility index (Phi) is 10.4. The normalized spacial score (nSPS) is 17.4. The molecule has 10 heteroatoms. The maximum absolute atomic E-state index is 12.8. The summed E-state index contributed by atoms with van der Waals surface area (Å²) in [6.07, 6.45) is 1.44. The van der Waals surface area contributed by atoms with Crippen LogP contribution in [0.3, 0.4) is 0 Å². The minimum absolute atomic E-state index is 0.0733. The van der Waals surface area contributed by atoms with Crippen molar-refractivity contribution in [2.75, 3.05) is 54.2 Å². The smallest absolute Gasteiger partial charge is 0.240 e. The first kappa shape index (κ1) is 28.7. The molecule has 2 aromatic rings. The number of hydrogen-bond donors (Lipinski definition) is 1. The van der Waals surface area contributed by atoms with Crippen molar-refractivity contribution in [3.63, 3.8) is 0 Å². The molecule has 0 heterocycles. The van der Waals surface area contributed by atoms with Crippen LogP contribution in [-0.4, -0.2) is 73.5 Å². The van der Waals surface area contributed by atoms with Gasteiger partial charge >= 0.3 is 0 Å². The van der Waals surface area contributed by atoms with Gasteiger partial charge in [-0.25, -0.2) is 13.1 Å². The molecule has 36 heavy (non-hydrogen) atoms. The third-order valence-corrected chi connectivity index (χ3v) is 7.81. The van der Waals surface area contributed by atoms with Gasteiger partial charge in [-0.2, -0.15) is 0 Å². The number of sulfonamides is 1. The minimum Gasteiger partial charge on any atom is -0.496 e. The number of benzene rings is 2. The van der Waals surface area contributed by atoms with E-state index in [4.69, 9.17) is 30.5 Å². The van der Waals surface area contributed by atoms with Crippen LogP contribution in [0, 0.1) is 6.92 Å². The van der Waals surface area contributed by atoms with Crippen molar-refractivity contribution < 1.29 is 27.4 Å². The van der Waals surface area contributed by atoms with Crippen LogP contribution in [0.5, 0.6) is 11.5 Å². The van der Waals surface area contributed by atoms with Crippen LogP contribution >= 0.6 is 11.6 Å². The molecule has 0 aromatic heterocycles. The van der Waals surface area contributed by atoms with Gasteiger partial charge < -0.3 is 23.8 Å². The van der Waals surface area contributed by atoms with Crippen molar-refractivity contribution in [1.82, 2.24) is 9.62 Å². The predicted molar refractivity (Wildman–Crippen MR) is 141 cm³/mol. The Morgan fingerprint density at radius 3 is 2.42 bits per heavy atom. The summed E-state index contributed by atoms with van der Waals surface area (Å²) in [5.41, 5.74) is 2.78. The van der Waals surface area contributed by atoms with Gasteiger partial charge in [-0.3, -0.25) is 0 Å². The predicted octanol–water partition coefficient (Wildman–Crippen LogP) is 3.98. The minimum atomic E-state index is -3.67. The van der Waals surface area contributed by atoms with Crippen LogP contribution in [0.1, 0.15) is 36.1 Å². The number of nitrogens with one attached hydrogen (secondary N) is 1. The molecule has 0 bridgehead atoms. The zero-order valence-corrected chi connectivity index (χ0v) is 23.2. The van der Waals surface area contributed by atoms with Gasteiger partial charge in [0.25, 0.3) is 0 Å². The maximum atomic E-state index is 12.8. The summed E-state index contributed by atoms with van der Waals surface area (Å²) in [6.45, 7) is 5.96. The molecule has 0 amide bonds. The number of rotatable bonds is 14. The molecular weight excluding hydrogens is 504 g/mol. The van der Waals surface area contributed by atoms with Crippen molar-refractivity contribution in [2.45, 2.75) is 43.7 Å². The first-order chi connectivity index (χ1) is 17.2. The van der Waals surface area contributed by atoms with Gasteiger partial charge in [0, 0.05) is 29.3 Å². The summed E-state index contributed by atoms with van der Waals surface area (Å²) < 4.78 is 50.9. The van der Waals surface area contributed by atoms with Gasteiger partial charge in [0.15, 0.2) is 0 Å². The van der Waals surface area contributed by atoms with Gasteiger partial charge in [-0.05, 0) is 69.8 Å². The molecule has 8 nitrogen and oxygen atoms in total. The van der Waals surface area contributed by atoms with E-state index in [0.29, 0.717) is 30.6 Å². The highest BCUT2D eigenvalue weighted by Crippen LogP contribution is 2.43. The molecule has 2 aromatic carbocycles. The van der Waals surface area contributed by atoms with Gasteiger partial charge in [0.2, 0.25) is 10.0 Å². The van der Waals surface area contributed by atoms with E-state index in [0.717, 1.165) is 35.3 Å². The van der Waals surface area contributed by atoms with Gasteiger partial charge in [0.1, 0.15) is 17.6 Å². The molecule has 0 fully saturated rings. The van der Waals surface area contributed by atoms with Crippen molar-refractivity contribution in [3.05, 3.63) is 52.0 Å². The molecule has 2 atom stereocenters. The second-order valence-corrected chi connectivity index (χ2v) is 11.2. The molecule has 0 saturated carbocycles. The summed E-state index contributed by atoms with van der Waals surface area (Å²) in [4.78, 5) is 2.30. The Morgan fingerprint density at radius 1 is 1.06 bits per heavy atom. The number of likely N-dealkylation sites (N-methyl/N-ethyl adjacent to an activating group) is 1. The molecule has 0 saturated heterocycles. The summed E-state index contributed by atoms with van der Waals surface area (Å²) in [6, 6.07) is 8.70. The van der Waals surface area contributed by atoms with Crippen molar-refractivity contribution in [2.24, 2.45) is 0 Å². The molecular formula is C26H37ClN2O6S. The molecule has 1 aliphatic rings. The average molecular weight is 541 g/mol. The number of methoxy groups -OCH3 is 1. The van der Waals surface area contributed by atoms with E-state index in [-0.39, 0.29) is 30.2 Å². The summed E-state index contributed by atoms with van der Waals surface area (Å²) >= 11 is 6.36. The van der Waals surface area contributed by atoms with E-state index in [2.05, 4.69) is 9.62 Å². The zero-order valence-electron chi connectivity index (χ0n) is 21.7. The second kappa shape index (κ2) is 13.1. The zero-order chi connectivity index (χ0) is 26.3. The SMILES string of the molecule is CCCOCCOCCNS(=O)(=O)c1ccc(O[C@H]2c3cc(Cl)cc(OC)c3C[C@@H]2N(C)C)c(C)c1. The fraction of sp³-hybridized carbons (Fsp3) is 0.538. The molecule has 1 aliphatic carbocycles. The Labute approximate surface area is 219 Å². The van der Waals surface area contributed by atoms with Crippen molar-refractivity contribution in [3.8, 4) is 11.5 Å². The van der Waals surface area contributed by atoms with Gasteiger partial charge in [-0.15, -0.1) is 0 Å². The Balaban J connectivity index is 1.68. The lowest BCUT2D eigenvalue weighted by atomic mass is 10.1. The number of ether oxygens (including phenoxy) is 4. The molecule has 0 spiro atoms. The monoisotopic (exact) mass is 540 g/mol. The quantitative estimate of drug-likeness (QED) is 0.363. The fourth-order valence-corrected chi connectivity index (χ4v) is 5.58. The largest absolute Gasteiger partial charge is 0.496 e. The summed E-state index contributed by atoms with van der Waals surface area (Å²) in [5.74, 6) is 1.37. The third-order valence-electron chi connectivity index (χ3n) is 6.13. The van der Waals surface area contributed by atoms with Crippen LogP contribution in [0.4, 0.5) is 0 Å². The fourth-order valence-electron chi connectivity index (χ4n) is 4.26. The Morgan fingerprint density at radius 2 is 1.78 bits per heavy atom. The average Bonchev–Trinajstić information content (AvgIpc) is 3.19.